The van der Waals surface area contributed by atoms with Crippen molar-refractivity contribution in [2.45, 2.75) is 0 Å². The fourth-order valence-corrected chi connectivity index (χ4v) is 2.10. The van der Waals surface area contributed by atoms with Crippen LogP contribution in [0, 0.1) is 10.1 Å². The molecule has 2 N–H and O–H groups in total. The highest BCUT2D eigenvalue weighted by Gasteiger charge is 2.10. The highest BCUT2D eigenvalue weighted by Crippen LogP contribution is 2.22. The normalized spacial score (nSPS) is 10.5. The molecule has 0 aliphatic rings. The van der Waals surface area contributed by atoms with E-state index >= 15 is 0 Å². The fourth-order valence-electron chi connectivity index (χ4n) is 1.88. The first-order chi connectivity index (χ1) is 12.4. The lowest BCUT2D eigenvalue weighted by Crippen LogP contribution is -2.35. The molecule has 0 aliphatic carbocycles. The summed E-state index contributed by atoms with van der Waals surface area (Å²) in [5.41, 5.74) is 2.05. The van der Waals surface area contributed by atoms with Crippen LogP contribution >= 0.6 is 11.6 Å². The average Bonchev–Trinajstić information content (AvgIpc) is 2.61. The van der Waals surface area contributed by atoms with Gasteiger partial charge in [-0.1, -0.05) is 35.9 Å². The third-order valence-corrected chi connectivity index (χ3v) is 3.44. The molecular formula is C16H12ClN4O5-. The predicted octanol–water partition coefficient (Wildman–Crippen LogP) is 1.20. The van der Waals surface area contributed by atoms with Crippen LogP contribution in [0.5, 0.6) is 5.75 Å². The fraction of sp³-hybridized carbons (Fsp3) is 0.0625. The number of halogens is 1. The number of rotatable bonds is 6. The molecule has 0 saturated heterocycles. The van der Waals surface area contributed by atoms with Crippen molar-refractivity contribution in [2.24, 2.45) is 5.10 Å². The Bertz CT molecular complexity index is 885. The van der Waals surface area contributed by atoms with Crippen LogP contribution in [0.4, 0.5) is 5.69 Å². The maximum absolute atomic E-state index is 11.9. The first-order valence-corrected chi connectivity index (χ1v) is 7.56. The molecule has 0 aromatic heterocycles. The third kappa shape index (κ3) is 5.02. The number of nitrogens with one attached hydrogen (secondary N) is 2. The number of hydrogen-bond acceptors (Lipinski definition) is 6. The van der Waals surface area contributed by atoms with Crippen molar-refractivity contribution in [2.75, 3.05) is 6.54 Å². The zero-order valence-corrected chi connectivity index (χ0v) is 13.9. The highest BCUT2D eigenvalue weighted by molar-refractivity contribution is 6.33. The number of nitro benzene ring substituents is 1. The van der Waals surface area contributed by atoms with Gasteiger partial charge in [0.1, 0.15) is 0 Å². The molecule has 0 fully saturated rings. The van der Waals surface area contributed by atoms with Crippen molar-refractivity contribution in [3.8, 4) is 5.75 Å². The summed E-state index contributed by atoms with van der Waals surface area (Å²) < 4.78 is 0. The van der Waals surface area contributed by atoms with Gasteiger partial charge in [-0.05, 0) is 17.9 Å². The number of nitrogens with zero attached hydrogens (tertiary/aromatic N) is 2. The van der Waals surface area contributed by atoms with E-state index in [2.05, 4.69) is 15.8 Å². The molecule has 0 spiro atoms. The number of carbonyl (C=O) groups is 2. The number of nitro groups is 1. The van der Waals surface area contributed by atoms with E-state index in [1.807, 2.05) is 0 Å². The zero-order chi connectivity index (χ0) is 19.1. The molecule has 2 aromatic rings. The Kier molecular flexibility index (Phi) is 6.23. The second-order valence-electron chi connectivity index (χ2n) is 4.94. The summed E-state index contributed by atoms with van der Waals surface area (Å²) in [5, 5.41) is 28.2. The third-order valence-electron chi connectivity index (χ3n) is 3.11. The van der Waals surface area contributed by atoms with Crippen LogP contribution in [0.15, 0.2) is 47.6 Å². The van der Waals surface area contributed by atoms with E-state index in [0.717, 1.165) is 18.3 Å². The van der Waals surface area contributed by atoms with Gasteiger partial charge in [-0.2, -0.15) is 5.10 Å². The molecule has 0 radical (unpaired) electrons. The van der Waals surface area contributed by atoms with Crippen LogP contribution in [0.2, 0.25) is 5.02 Å². The van der Waals surface area contributed by atoms with Crippen molar-refractivity contribution in [3.05, 3.63) is 68.7 Å². The first-order valence-electron chi connectivity index (χ1n) is 7.18. The minimum atomic E-state index is -0.803. The van der Waals surface area contributed by atoms with Crippen molar-refractivity contribution in [1.82, 2.24) is 10.7 Å². The summed E-state index contributed by atoms with van der Waals surface area (Å²) in [5.74, 6) is -1.86. The smallest absolute Gasteiger partial charge is 0.262 e. The summed E-state index contributed by atoms with van der Waals surface area (Å²) in [6, 6.07) is 9.77. The number of hydrogen-bond donors (Lipinski definition) is 2. The molecule has 2 rings (SSSR count). The van der Waals surface area contributed by atoms with Gasteiger partial charge in [-0.15, -0.1) is 0 Å². The van der Waals surface area contributed by atoms with Crippen molar-refractivity contribution >= 4 is 35.3 Å². The second kappa shape index (κ2) is 8.58. The van der Waals surface area contributed by atoms with Crippen LogP contribution in [0.3, 0.4) is 0 Å². The molecular weight excluding hydrogens is 364 g/mol. The summed E-state index contributed by atoms with van der Waals surface area (Å²) in [4.78, 5) is 33.4. The number of benzene rings is 2. The van der Waals surface area contributed by atoms with Crippen molar-refractivity contribution in [1.29, 1.82) is 0 Å². The highest BCUT2D eigenvalue weighted by atomic mass is 35.5. The monoisotopic (exact) mass is 375 g/mol. The predicted molar refractivity (Wildman–Crippen MR) is 92.1 cm³/mol. The van der Waals surface area contributed by atoms with E-state index in [9.17, 15) is 24.8 Å². The zero-order valence-electron chi connectivity index (χ0n) is 13.1. The lowest BCUT2D eigenvalue weighted by atomic mass is 10.2. The molecule has 26 heavy (non-hydrogen) atoms. The molecule has 2 aromatic carbocycles. The van der Waals surface area contributed by atoms with Gasteiger partial charge in [-0.25, -0.2) is 5.43 Å². The maximum Gasteiger partial charge on any atom is 0.262 e. The topological polar surface area (TPSA) is 137 Å². The van der Waals surface area contributed by atoms with Gasteiger partial charge in [0.05, 0.1) is 28.3 Å². The molecule has 0 atom stereocenters. The van der Waals surface area contributed by atoms with Gasteiger partial charge >= 0.3 is 0 Å². The number of hydrazone groups is 1. The molecule has 0 aliphatic heterocycles. The number of carbonyl (C=O) groups excluding carboxylic acids is 2. The molecule has 10 heteroatoms. The number of amides is 2. The Hall–Kier alpha value is -3.46. The van der Waals surface area contributed by atoms with Crippen LogP contribution < -0.4 is 15.8 Å². The van der Waals surface area contributed by atoms with Crippen LogP contribution in [0.1, 0.15) is 15.9 Å². The molecule has 0 unspecified atom stereocenters. The molecule has 0 heterocycles. The lowest BCUT2D eigenvalue weighted by Gasteiger charge is -2.06. The van der Waals surface area contributed by atoms with Crippen LogP contribution in [-0.4, -0.2) is 29.5 Å². The summed E-state index contributed by atoms with van der Waals surface area (Å²) in [6.07, 6.45) is 1.14. The van der Waals surface area contributed by atoms with E-state index in [1.54, 1.807) is 18.2 Å². The van der Waals surface area contributed by atoms with E-state index in [1.165, 1.54) is 12.1 Å². The van der Waals surface area contributed by atoms with E-state index in [0.29, 0.717) is 0 Å². The van der Waals surface area contributed by atoms with Crippen LogP contribution in [0.25, 0.3) is 0 Å². The second-order valence-corrected chi connectivity index (χ2v) is 5.35. The summed E-state index contributed by atoms with van der Waals surface area (Å²) >= 11 is 5.88. The maximum atomic E-state index is 11.9. The van der Waals surface area contributed by atoms with Gasteiger partial charge in [0.15, 0.2) is 0 Å². The Labute approximate surface area is 152 Å². The SMILES string of the molecule is O=C(CNC(=O)c1ccccc1Cl)N/N=C\c1ccc([O-])c([N+](=O)[O-])c1. The van der Waals surface area contributed by atoms with Crippen molar-refractivity contribution < 1.29 is 19.6 Å². The molecule has 134 valence electrons. The molecule has 0 saturated carbocycles. The van der Waals surface area contributed by atoms with Gasteiger partial charge in [0.25, 0.3) is 17.5 Å². The van der Waals surface area contributed by atoms with E-state index in [-0.39, 0.29) is 22.7 Å². The van der Waals surface area contributed by atoms with Crippen LogP contribution in [-0.2, 0) is 4.79 Å². The largest absolute Gasteiger partial charge is 0.868 e. The molecule has 9 nitrogen and oxygen atoms in total. The van der Waals surface area contributed by atoms with Crippen molar-refractivity contribution in [3.63, 3.8) is 0 Å². The van der Waals surface area contributed by atoms with Gasteiger partial charge in [0, 0.05) is 11.6 Å². The van der Waals surface area contributed by atoms with E-state index < -0.39 is 28.2 Å². The molecule has 2 amide bonds. The minimum absolute atomic E-state index is 0.232. The lowest BCUT2D eigenvalue weighted by molar-refractivity contribution is -0.398. The van der Waals surface area contributed by atoms with Gasteiger partial charge in [-0.3, -0.25) is 19.7 Å². The quantitative estimate of drug-likeness (QED) is 0.444. The summed E-state index contributed by atoms with van der Waals surface area (Å²) in [7, 11) is 0. The van der Waals surface area contributed by atoms with Gasteiger partial charge < -0.3 is 10.4 Å². The summed E-state index contributed by atoms with van der Waals surface area (Å²) in [6.45, 7) is -0.346. The average molecular weight is 376 g/mol. The van der Waals surface area contributed by atoms with E-state index in [4.69, 9.17) is 11.6 Å². The Morgan fingerprint density at radius 3 is 2.65 bits per heavy atom. The Balaban J connectivity index is 1.88. The minimum Gasteiger partial charge on any atom is -0.868 e. The Morgan fingerprint density at radius 2 is 1.96 bits per heavy atom. The first kappa shape index (κ1) is 18.9. The van der Waals surface area contributed by atoms with Gasteiger partial charge in [0.2, 0.25) is 0 Å². The molecule has 0 bridgehead atoms. The standard InChI is InChI=1S/C16H13ClN4O5/c17-12-4-2-1-3-11(12)16(24)18-9-15(23)20-19-8-10-5-6-14(22)13(7-10)21(25)26/h1-8,22H,9H2,(H,18,24)(H,20,23)/p-1/b19-8-. The Morgan fingerprint density at radius 1 is 1.23 bits per heavy atom.